The minimum absolute atomic E-state index is 0.836. The number of benzene rings is 1. The molecule has 0 aliphatic rings. The fraction of sp³-hybridized carbons (Fsp3) is 0.357. The zero-order valence-electron chi connectivity index (χ0n) is 10.4. The summed E-state index contributed by atoms with van der Waals surface area (Å²) in [5.74, 6) is 0.871. The molecule has 0 saturated carbocycles. The van der Waals surface area contributed by atoms with Crippen molar-refractivity contribution in [2.24, 2.45) is 0 Å². The van der Waals surface area contributed by atoms with Crippen molar-refractivity contribution in [1.82, 2.24) is 10.1 Å². The highest BCUT2D eigenvalue weighted by molar-refractivity contribution is 5.14. The van der Waals surface area contributed by atoms with Crippen LogP contribution in [0.1, 0.15) is 23.9 Å². The van der Waals surface area contributed by atoms with Gasteiger partial charge in [0.05, 0.1) is 5.69 Å². The van der Waals surface area contributed by atoms with Gasteiger partial charge < -0.3 is 4.52 Å². The lowest BCUT2D eigenvalue weighted by Crippen LogP contribution is -2.22. The second-order valence-corrected chi connectivity index (χ2v) is 4.22. The number of aryl methyl sites for hydroxylation is 1. The van der Waals surface area contributed by atoms with E-state index in [1.807, 2.05) is 19.1 Å². The molecule has 1 aromatic carbocycles. The second kappa shape index (κ2) is 5.64. The smallest absolute Gasteiger partial charge is 0.133 e. The number of nitrogens with zero attached hydrogens (tertiary/aromatic N) is 2. The summed E-state index contributed by atoms with van der Waals surface area (Å²) in [6.45, 7) is 6.87. The van der Waals surface area contributed by atoms with Crippen LogP contribution in [0.25, 0.3) is 0 Å². The standard InChI is InChI=1S/C14H18N2O/c1-3-16(10-13-7-5-4-6-8-13)11-14-9-12(2)17-15-14/h4-9H,3,10-11H2,1-2H3. The third kappa shape index (κ3) is 3.43. The van der Waals surface area contributed by atoms with Gasteiger partial charge in [-0.05, 0) is 19.0 Å². The lowest BCUT2D eigenvalue weighted by atomic mass is 10.2. The monoisotopic (exact) mass is 230 g/mol. The summed E-state index contributed by atoms with van der Waals surface area (Å²) >= 11 is 0. The molecule has 0 fully saturated rings. The molecule has 1 heterocycles. The van der Waals surface area contributed by atoms with E-state index < -0.39 is 0 Å². The van der Waals surface area contributed by atoms with Gasteiger partial charge in [-0.1, -0.05) is 42.4 Å². The quantitative estimate of drug-likeness (QED) is 0.790. The van der Waals surface area contributed by atoms with Crippen LogP contribution >= 0.6 is 0 Å². The van der Waals surface area contributed by atoms with Crippen molar-refractivity contribution in [2.75, 3.05) is 6.54 Å². The van der Waals surface area contributed by atoms with Crippen molar-refractivity contribution in [3.8, 4) is 0 Å². The van der Waals surface area contributed by atoms with E-state index in [1.54, 1.807) is 0 Å². The lowest BCUT2D eigenvalue weighted by molar-refractivity contribution is 0.261. The molecule has 90 valence electrons. The third-order valence-corrected chi connectivity index (χ3v) is 2.76. The van der Waals surface area contributed by atoms with Crippen LogP contribution in [0.5, 0.6) is 0 Å². The summed E-state index contributed by atoms with van der Waals surface area (Å²) in [6.07, 6.45) is 0. The van der Waals surface area contributed by atoms with E-state index in [4.69, 9.17) is 4.52 Å². The van der Waals surface area contributed by atoms with Gasteiger partial charge in [0.1, 0.15) is 5.76 Å². The van der Waals surface area contributed by atoms with Gasteiger partial charge in [0.15, 0.2) is 0 Å². The Labute approximate surface area is 102 Å². The number of rotatable bonds is 5. The maximum absolute atomic E-state index is 5.08. The second-order valence-electron chi connectivity index (χ2n) is 4.22. The van der Waals surface area contributed by atoms with Crippen LogP contribution in [0.3, 0.4) is 0 Å². The molecule has 2 rings (SSSR count). The molecule has 0 atom stereocenters. The molecule has 0 bridgehead atoms. The molecule has 2 aromatic rings. The van der Waals surface area contributed by atoms with Gasteiger partial charge in [-0.2, -0.15) is 0 Å². The van der Waals surface area contributed by atoms with Gasteiger partial charge in [-0.25, -0.2) is 0 Å². The van der Waals surface area contributed by atoms with Crippen molar-refractivity contribution in [3.05, 3.63) is 53.4 Å². The van der Waals surface area contributed by atoms with Gasteiger partial charge in [0, 0.05) is 19.2 Å². The van der Waals surface area contributed by atoms with Crippen molar-refractivity contribution >= 4 is 0 Å². The number of hydrogen-bond acceptors (Lipinski definition) is 3. The normalized spacial score (nSPS) is 11.0. The molecular weight excluding hydrogens is 212 g/mol. The van der Waals surface area contributed by atoms with Gasteiger partial charge in [0.2, 0.25) is 0 Å². The highest BCUT2D eigenvalue weighted by atomic mass is 16.5. The number of hydrogen-bond donors (Lipinski definition) is 0. The van der Waals surface area contributed by atoms with Crippen LogP contribution < -0.4 is 0 Å². The molecule has 0 radical (unpaired) electrons. The summed E-state index contributed by atoms with van der Waals surface area (Å²) in [5.41, 5.74) is 2.33. The first-order chi connectivity index (χ1) is 8.28. The van der Waals surface area contributed by atoms with Gasteiger partial charge in [-0.15, -0.1) is 0 Å². The molecule has 3 nitrogen and oxygen atoms in total. The van der Waals surface area contributed by atoms with E-state index in [0.29, 0.717) is 0 Å². The third-order valence-electron chi connectivity index (χ3n) is 2.76. The highest BCUT2D eigenvalue weighted by Crippen LogP contribution is 2.09. The molecule has 0 spiro atoms. The Kier molecular flexibility index (Phi) is 3.94. The van der Waals surface area contributed by atoms with Crippen molar-refractivity contribution < 1.29 is 4.52 Å². The molecule has 1 aromatic heterocycles. The van der Waals surface area contributed by atoms with Crippen LogP contribution in [0, 0.1) is 6.92 Å². The molecule has 0 aliphatic carbocycles. The van der Waals surface area contributed by atoms with Crippen LogP contribution in [0.15, 0.2) is 40.9 Å². The first-order valence-corrected chi connectivity index (χ1v) is 5.96. The first kappa shape index (κ1) is 11.9. The number of aromatic nitrogens is 1. The van der Waals surface area contributed by atoms with Crippen molar-refractivity contribution in [2.45, 2.75) is 26.9 Å². The van der Waals surface area contributed by atoms with E-state index in [-0.39, 0.29) is 0 Å². The Balaban J connectivity index is 1.98. The van der Waals surface area contributed by atoms with E-state index in [2.05, 4.69) is 41.2 Å². The maximum Gasteiger partial charge on any atom is 0.133 e. The van der Waals surface area contributed by atoms with Crippen LogP contribution in [-0.4, -0.2) is 16.6 Å². The summed E-state index contributed by atoms with van der Waals surface area (Å²) in [7, 11) is 0. The van der Waals surface area contributed by atoms with E-state index in [0.717, 1.165) is 31.1 Å². The molecule has 0 amide bonds. The molecular formula is C14H18N2O. The Morgan fingerprint density at radius 3 is 2.53 bits per heavy atom. The topological polar surface area (TPSA) is 29.3 Å². The molecule has 3 heteroatoms. The average molecular weight is 230 g/mol. The van der Waals surface area contributed by atoms with Crippen molar-refractivity contribution in [3.63, 3.8) is 0 Å². The summed E-state index contributed by atoms with van der Waals surface area (Å²) in [5, 5.41) is 4.03. The minimum atomic E-state index is 0.836. The zero-order valence-corrected chi connectivity index (χ0v) is 10.4. The summed E-state index contributed by atoms with van der Waals surface area (Å²) in [6, 6.07) is 12.5. The fourth-order valence-corrected chi connectivity index (χ4v) is 1.84. The van der Waals surface area contributed by atoms with Crippen LogP contribution in [0.2, 0.25) is 0 Å². The fourth-order valence-electron chi connectivity index (χ4n) is 1.84. The van der Waals surface area contributed by atoms with Crippen LogP contribution in [-0.2, 0) is 13.1 Å². The SMILES string of the molecule is CCN(Cc1ccccc1)Cc1cc(C)on1. The Bertz CT molecular complexity index is 450. The Morgan fingerprint density at radius 1 is 1.18 bits per heavy atom. The molecule has 17 heavy (non-hydrogen) atoms. The average Bonchev–Trinajstić information content (AvgIpc) is 2.75. The van der Waals surface area contributed by atoms with Gasteiger partial charge in [-0.3, -0.25) is 4.90 Å². The first-order valence-electron chi connectivity index (χ1n) is 5.96. The summed E-state index contributed by atoms with van der Waals surface area (Å²) in [4.78, 5) is 2.34. The van der Waals surface area contributed by atoms with E-state index >= 15 is 0 Å². The van der Waals surface area contributed by atoms with Gasteiger partial charge >= 0.3 is 0 Å². The summed E-state index contributed by atoms with van der Waals surface area (Å²) < 4.78 is 5.08. The maximum atomic E-state index is 5.08. The predicted molar refractivity (Wildman–Crippen MR) is 67.5 cm³/mol. The molecule has 0 unspecified atom stereocenters. The zero-order chi connectivity index (χ0) is 12.1. The minimum Gasteiger partial charge on any atom is -0.361 e. The predicted octanol–water partition coefficient (Wildman–Crippen LogP) is 3.01. The highest BCUT2D eigenvalue weighted by Gasteiger charge is 2.07. The Morgan fingerprint density at radius 2 is 1.94 bits per heavy atom. The molecule has 0 aliphatic heterocycles. The Hall–Kier alpha value is -1.61. The van der Waals surface area contributed by atoms with Crippen molar-refractivity contribution in [1.29, 1.82) is 0 Å². The lowest BCUT2D eigenvalue weighted by Gasteiger charge is -2.18. The van der Waals surface area contributed by atoms with E-state index in [1.165, 1.54) is 5.56 Å². The van der Waals surface area contributed by atoms with Crippen LogP contribution in [0.4, 0.5) is 0 Å². The largest absolute Gasteiger partial charge is 0.361 e. The van der Waals surface area contributed by atoms with E-state index in [9.17, 15) is 0 Å². The molecule has 0 saturated heterocycles. The van der Waals surface area contributed by atoms with Gasteiger partial charge in [0.25, 0.3) is 0 Å². The molecule has 0 N–H and O–H groups in total.